The smallest absolute Gasteiger partial charge is 0.407 e. The van der Waals surface area contributed by atoms with Crippen molar-refractivity contribution < 1.29 is 19.1 Å². The molecular formula is C43H54ClN11O4S2. The Bertz CT molecular complexity index is 2260. The quantitative estimate of drug-likeness (QED) is 0.0566. The van der Waals surface area contributed by atoms with E-state index < -0.39 is 11.7 Å². The minimum atomic E-state index is -0.511. The van der Waals surface area contributed by atoms with E-state index in [4.69, 9.17) is 26.8 Å². The molecule has 0 aliphatic carbocycles. The lowest BCUT2D eigenvalue weighted by Crippen LogP contribution is -2.35. The average molecular weight is 889 g/mol. The Morgan fingerprint density at radius 3 is 1.72 bits per heavy atom. The van der Waals surface area contributed by atoms with Gasteiger partial charge >= 0.3 is 12.1 Å². The molecule has 6 rings (SSSR count). The van der Waals surface area contributed by atoms with Gasteiger partial charge in [0.25, 0.3) is 0 Å². The third-order valence-corrected chi connectivity index (χ3v) is 9.84. The maximum Gasteiger partial charge on any atom is 0.407 e. The molecule has 6 heterocycles. The van der Waals surface area contributed by atoms with Crippen molar-refractivity contribution in [2.45, 2.75) is 92.3 Å². The van der Waals surface area contributed by atoms with Crippen LogP contribution in [0.1, 0.15) is 87.4 Å². The van der Waals surface area contributed by atoms with Crippen molar-refractivity contribution in [3.8, 4) is 20.9 Å². The van der Waals surface area contributed by atoms with Crippen LogP contribution in [0, 0.1) is 13.8 Å². The summed E-state index contributed by atoms with van der Waals surface area (Å²) in [6.07, 6.45) is 12.9. The van der Waals surface area contributed by atoms with Gasteiger partial charge in [-0.3, -0.25) is 14.8 Å². The van der Waals surface area contributed by atoms with Gasteiger partial charge in [0.05, 0.1) is 31.2 Å². The van der Waals surface area contributed by atoms with Crippen LogP contribution in [0.25, 0.3) is 20.9 Å². The number of pyridine rings is 2. The van der Waals surface area contributed by atoms with Crippen molar-refractivity contribution in [2.75, 3.05) is 25.0 Å². The lowest BCUT2D eigenvalue weighted by molar-refractivity contribution is -0.154. The number of nitrogens with two attached hydrogens (primary N) is 1. The number of aryl methyl sites for hydroxylation is 2. The normalized spacial score (nSPS) is 11.0. The number of rotatable bonds is 13. The number of ether oxygens (including phenoxy) is 2. The number of esters is 1. The van der Waals surface area contributed by atoms with Gasteiger partial charge in [0, 0.05) is 75.6 Å². The van der Waals surface area contributed by atoms with Gasteiger partial charge in [-0.05, 0) is 110 Å². The molecule has 0 aromatic carbocycles. The predicted octanol–water partition coefficient (Wildman–Crippen LogP) is 8.45. The number of halogens is 1. The van der Waals surface area contributed by atoms with Crippen molar-refractivity contribution in [2.24, 2.45) is 5.73 Å². The van der Waals surface area contributed by atoms with E-state index in [1.165, 1.54) is 0 Å². The van der Waals surface area contributed by atoms with E-state index in [0.29, 0.717) is 62.1 Å². The lowest BCUT2D eigenvalue weighted by atomic mass is 10.2. The van der Waals surface area contributed by atoms with Gasteiger partial charge in [-0.15, -0.1) is 22.7 Å². The lowest BCUT2D eigenvalue weighted by Gasteiger charge is -2.19. The second-order valence-electron chi connectivity index (χ2n) is 15.4. The maximum absolute atomic E-state index is 11.7. The third kappa shape index (κ3) is 18.8. The van der Waals surface area contributed by atoms with E-state index in [1.807, 2.05) is 98.1 Å². The van der Waals surface area contributed by atoms with Crippen LogP contribution < -0.4 is 16.4 Å². The van der Waals surface area contributed by atoms with Crippen LogP contribution in [0.3, 0.4) is 0 Å². The van der Waals surface area contributed by atoms with Crippen molar-refractivity contribution >= 4 is 52.2 Å². The molecule has 61 heavy (non-hydrogen) atoms. The molecule has 0 spiro atoms. The summed E-state index contributed by atoms with van der Waals surface area (Å²) < 4.78 is 10.3. The summed E-state index contributed by atoms with van der Waals surface area (Å²) in [7, 11) is 0. The number of carbonyl (C=O) groups is 2. The molecular weight excluding hydrogens is 834 g/mol. The van der Waals surface area contributed by atoms with E-state index in [-0.39, 0.29) is 11.6 Å². The molecule has 0 bridgehead atoms. The summed E-state index contributed by atoms with van der Waals surface area (Å²) in [5.74, 6) is 1.91. The molecule has 0 aliphatic rings. The zero-order chi connectivity index (χ0) is 44.4. The van der Waals surface area contributed by atoms with Crippen LogP contribution >= 0.6 is 34.3 Å². The first kappa shape index (κ1) is 48.2. The number of nitrogens with one attached hydrogen (secondary N) is 2. The van der Waals surface area contributed by atoms with Gasteiger partial charge in [-0.2, -0.15) is 0 Å². The van der Waals surface area contributed by atoms with Crippen LogP contribution in [-0.4, -0.2) is 82.8 Å². The highest BCUT2D eigenvalue weighted by Crippen LogP contribution is 2.28. The summed E-state index contributed by atoms with van der Waals surface area (Å²) in [5.41, 5.74) is 8.36. The molecule has 4 N–H and O–H groups in total. The molecule has 1 amide bonds. The Morgan fingerprint density at radius 1 is 0.721 bits per heavy atom. The Hall–Kier alpha value is -5.49. The summed E-state index contributed by atoms with van der Waals surface area (Å²) in [5, 5.41) is 8.39. The molecule has 0 saturated heterocycles. The largest absolute Gasteiger partial charge is 0.460 e. The minimum absolute atomic E-state index is 0.164. The molecule has 18 heteroatoms. The molecule has 0 saturated carbocycles. The number of hydrogen-bond donors (Lipinski definition) is 3. The maximum atomic E-state index is 11.7. The standard InChI is InChI=1S/C21H26N6O2S.C14H11ClN4S.C8H17NO2/c1-14-26-16(12-19-25-13-17(30-19)15-5-7-22-8-6-15)11-18(27-14)23-9-10-24-20(28)29-21(2,3)4;1-9-18-11(6-13(15)19-9)7-14-17-8-12(20-14)10-2-4-16-5-3-10;1-8(2,3)11-7(10)5-4-6-9/h5-8,11,13H,9-10,12H2,1-4H3,(H,24,28)(H,23,26,27);2-6,8H,7H2,1H3;4-6,9H2,1-3H3. The summed E-state index contributed by atoms with van der Waals surface area (Å²) in [4.78, 5) is 59.3. The fourth-order valence-corrected chi connectivity index (χ4v) is 7.32. The van der Waals surface area contributed by atoms with Crippen LogP contribution in [0.15, 0.2) is 73.6 Å². The first-order chi connectivity index (χ1) is 28.9. The Labute approximate surface area is 370 Å². The van der Waals surface area contributed by atoms with Gasteiger partial charge < -0.3 is 25.8 Å². The summed E-state index contributed by atoms with van der Waals surface area (Å²) in [6, 6.07) is 11.6. The highest BCUT2D eigenvalue weighted by Gasteiger charge is 2.16. The topological polar surface area (TPSA) is 206 Å². The Balaban J connectivity index is 0.000000226. The summed E-state index contributed by atoms with van der Waals surface area (Å²) in [6.45, 7) is 16.2. The van der Waals surface area contributed by atoms with E-state index in [0.717, 1.165) is 48.1 Å². The second-order valence-corrected chi connectivity index (χ2v) is 18.0. The van der Waals surface area contributed by atoms with Crippen LogP contribution in [0.2, 0.25) is 5.15 Å². The average Bonchev–Trinajstić information content (AvgIpc) is 3.85. The molecule has 0 aliphatic heterocycles. The number of nitrogens with zero attached hydrogens (tertiary/aromatic N) is 8. The van der Waals surface area contributed by atoms with Gasteiger partial charge in [0.1, 0.15) is 33.8 Å². The number of anilines is 1. The van der Waals surface area contributed by atoms with E-state index in [2.05, 4.69) is 50.5 Å². The van der Waals surface area contributed by atoms with Gasteiger partial charge in [-0.1, -0.05) is 11.6 Å². The predicted molar refractivity (Wildman–Crippen MR) is 242 cm³/mol. The zero-order valence-corrected chi connectivity index (χ0v) is 38.2. The fourth-order valence-electron chi connectivity index (χ4n) is 5.19. The molecule has 6 aromatic rings. The minimum Gasteiger partial charge on any atom is -0.460 e. The van der Waals surface area contributed by atoms with Crippen LogP contribution in [0.4, 0.5) is 10.6 Å². The highest BCUT2D eigenvalue weighted by molar-refractivity contribution is 7.15. The molecule has 0 unspecified atom stereocenters. The molecule has 6 aromatic heterocycles. The number of amides is 1. The number of carbonyl (C=O) groups excluding carboxylic acids is 2. The number of alkyl carbamates (subject to hydrolysis) is 1. The van der Waals surface area contributed by atoms with Gasteiger partial charge in [-0.25, -0.2) is 34.7 Å². The van der Waals surface area contributed by atoms with Crippen LogP contribution in [-0.2, 0) is 27.1 Å². The van der Waals surface area contributed by atoms with E-state index in [9.17, 15) is 9.59 Å². The van der Waals surface area contributed by atoms with Crippen molar-refractivity contribution in [1.82, 2.24) is 45.2 Å². The number of aromatic nitrogens is 8. The van der Waals surface area contributed by atoms with Crippen LogP contribution in [0.5, 0.6) is 0 Å². The van der Waals surface area contributed by atoms with E-state index in [1.54, 1.807) is 53.5 Å². The summed E-state index contributed by atoms with van der Waals surface area (Å²) >= 11 is 9.23. The zero-order valence-electron chi connectivity index (χ0n) is 35.9. The first-order valence-corrected chi connectivity index (χ1v) is 21.6. The fraction of sp³-hybridized carbons (Fsp3) is 0.395. The molecule has 15 nitrogen and oxygen atoms in total. The number of hydrogen-bond acceptors (Lipinski definition) is 16. The van der Waals surface area contributed by atoms with Gasteiger partial charge in [0.2, 0.25) is 0 Å². The molecule has 324 valence electrons. The second kappa shape index (κ2) is 23.5. The van der Waals surface area contributed by atoms with Gasteiger partial charge in [0.15, 0.2) is 0 Å². The van der Waals surface area contributed by atoms with E-state index >= 15 is 0 Å². The molecule has 0 atom stereocenters. The molecule has 0 radical (unpaired) electrons. The monoisotopic (exact) mass is 887 g/mol. The third-order valence-electron chi connectivity index (χ3n) is 7.56. The van der Waals surface area contributed by atoms with Crippen molar-refractivity contribution in [3.63, 3.8) is 0 Å². The van der Waals surface area contributed by atoms with Crippen molar-refractivity contribution in [1.29, 1.82) is 0 Å². The molecule has 0 fully saturated rings. The Kier molecular flexibility index (Phi) is 18.6. The van der Waals surface area contributed by atoms with Crippen molar-refractivity contribution in [3.05, 3.63) is 112 Å². The SMILES string of the molecule is CC(C)(C)OC(=O)CCCN.Cc1nc(Cc2ncc(-c3ccncc3)s2)cc(NCCNC(=O)OC(C)(C)C)n1.Cc1nc(Cl)cc(Cc2ncc(-c3ccncc3)s2)n1. The number of thiazole rings is 2. The Morgan fingerprint density at radius 2 is 1.23 bits per heavy atom. The highest BCUT2D eigenvalue weighted by atomic mass is 35.5. The first-order valence-electron chi connectivity index (χ1n) is 19.6.